The zero-order valence-electron chi connectivity index (χ0n) is 11.3. The molecular formula is C15H16N4O2. The lowest BCUT2D eigenvalue weighted by atomic mass is 10.1. The molecule has 21 heavy (non-hydrogen) atoms. The van der Waals surface area contributed by atoms with Crippen LogP contribution >= 0.6 is 0 Å². The van der Waals surface area contributed by atoms with E-state index in [2.05, 4.69) is 20.3 Å². The zero-order valence-corrected chi connectivity index (χ0v) is 11.3. The van der Waals surface area contributed by atoms with Crippen LogP contribution in [0.1, 0.15) is 5.56 Å². The Morgan fingerprint density at radius 3 is 2.71 bits per heavy atom. The van der Waals surface area contributed by atoms with Gasteiger partial charge in [0.05, 0.1) is 18.0 Å². The fourth-order valence-corrected chi connectivity index (χ4v) is 2.26. The van der Waals surface area contributed by atoms with Gasteiger partial charge in [0.2, 0.25) is 0 Å². The summed E-state index contributed by atoms with van der Waals surface area (Å²) in [4.78, 5) is 11.4. The normalized spacial score (nSPS) is 12.4. The Labute approximate surface area is 121 Å². The Balaban J connectivity index is 1.78. The van der Waals surface area contributed by atoms with Crippen molar-refractivity contribution in [3.05, 3.63) is 48.4 Å². The largest absolute Gasteiger partial charge is 0.508 e. The number of aromatic nitrogens is 3. The summed E-state index contributed by atoms with van der Waals surface area (Å²) in [5.41, 5.74) is 1.78. The van der Waals surface area contributed by atoms with Crippen molar-refractivity contribution in [3.63, 3.8) is 0 Å². The summed E-state index contributed by atoms with van der Waals surface area (Å²) in [6.07, 6.45) is 3.92. The van der Waals surface area contributed by atoms with E-state index in [1.807, 2.05) is 18.2 Å². The number of aromatic hydroxyl groups is 1. The predicted molar refractivity (Wildman–Crippen MR) is 80.2 cm³/mol. The van der Waals surface area contributed by atoms with Crippen LogP contribution < -0.4 is 5.32 Å². The SMILES string of the molecule is OC[C@H](Cc1ccc(O)cc1)Nc1ncnc2[nH]ccc12. The van der Waals surface area contributed by atoms with Crippen molar-refractivity contribution in [1.82, 2.24) is 15.0 Å². The first-order valence-electron chi connectivity index (χ1n) is 6.69. The molecule has 2 aromatic heterocycles. The quantitative estimate of drug-likeness (QED) is 0.572. The fourth-order valence-electron chi connectivity index (χ4n) is 2.26. The summed E-state index contributed by atoms with van der Waals surface area (Å²) >= 11 is 0. The van der Waals surface area contributed by atoms with Gasteiger partial charge >= 0.3 is 0 Å². The second-order valence-electron chi connectivity index (χ2n) is 4.86. The first kappa shape index (κ1) is 13.4. The van der Waals surface area contributed by atoms with Crippen molar-refractivity contribution in [2.45, 2.75) is 12.5 Å². The molecule has 0 saturated heterocycles. The third kappa shape index (κ3) is 2.95. The maximum Gasteiger partial charge on any atom is 0.142 e. The molecule has 0 amide bonds. The molecule has 0 aliphatic heterocycles. The molecule has 6 heteroatoms. The summed E-state index contributed by atoms with van der Waals surface area (Å²) < 4.78 is 0. The summed E-state index contributed by atoms with van der Waals surface area (Å²) in [5.74, 6) is 0.927. The number of hydrogen-bond acceptors (Lipinski definition) is 5. The van der Waals surface area contributed by atoms with Gasteiger partial charge in [0.25, 0.3) is 0 Å². The Morgan fingerprint density at radius 2 is 1.95 bits per heavy atom. The number of nitrogens with one attached hydrogen (secondary N) is 2. The zero-order chi connectivity index (χ0) is 14.7. The van der Waals surface area contributed by atoms with Crippen LogP contribution in [0.4, 0.5) is 5.82 Å². The molecule has 0 radical (unpaired) electrons. The van der Waals surface area contributed by atoms with Crippen LogP contribution in [-0.4, -0.2) is 37.8 Å². The molecule has 1 aromatic carbocycles. The van der Waals surface area contributed by atoms with Crippen LogP contribution in [0.3, 0.4) is 0 Å². The van der Waals surface area contributed by atoms with Gasteiger partial charge in [0, 0.05) is 6.20 Å². The average molecular weight is 284 g/mol. The van der Waals surface area contributed by atoms with Gasteiger partial charge in [-0.1, -0.05) is 12.1 Å². The maximum atomic E-state index is 9.56. The van der Waals surface area contributed by atoms with E-state index < -0.39 is 0 Å². The number of aliphatic hydroxyl groups is 1. The van der Waals surface area contributed by atoms with Gasteiger partial charge in [-0.3, -0.25) is 0 Å². The molecule has 3 aromatic rings. The average Bonchev–Trinajstić information content (AvgIpc) is 2.98. The van der Waals surface area contributed by atoms with E-state index in [0.717, 1.165) is 16.6 Å². The lowest BCUT2D eigenvalue weighted by molar-refractivity contribution is 0.273. The molecule has 4 N–H and O–H groups in total. The molecule has 108 valence electrons. The number of aromatic amines is 1. The molecule has 1 atom stereocenters. The van der Waals surface area contributed by atoms with E-state index in [1.165, 1.54) is 6.33 Å². The highest BCUT2D eigenvalue weighted by molar-refractivity contribution is 5.86. The minimum Gasteiger partial charge on any atom is -0.508 e. The standard InChI is InChI=1S/C15H16N4O2/c20-8-11(7-10-1-3-12(21)4-2-10)19-15-13-5-6-16-14(13)17-9-18-15/h1-6,9,11,20-21H,7-8H2,(H2,16,17,18,19)/t11-/m0/s1. The maximum absolute atomic E-state index is 9.56. The van der Waals surface area contributed by atoms with Crippen LogP contribution in [0.15, 0.2) is 42.9 Å². The number of hydrogen-bond donors (Lipinski definition) is 4. The molecular weight excluding hydrogens is 268 g/mol. The van der Waals surface area contributed by atoms with E-state index in [0.29, 0.717) is 12.2 Å². The topological polar surface area (TPSA) is 94.1 Å². The summed E-state index contributed by atoms with van der Waals surface area (Å²) in [7, 11) is 0. The van der Waals surface area contributed by atoms with E-state index in [4.69, 9.17) is 0 Å². The van der Waals surface area contributed by atoms with E-state index >= 15 is 0 Å². The highest BCUT2D eigenvalue weighted by atomic mass is 16.3. The van der Waals surface area contributed by atoms with Gasteiger partial charge in [0.15, 0.2) is 0 Å². The van der Waals surface area contributed by atoms with E-state index in [1.54, 1.807) is 18.3 Å². The molecule has 0 unspecified atom stereocenters. The number of H-pyrrole nitrogens is 1. The number of nitrogens with zero attached hydrogens (tertiary/aromatic N) is 2. The second-order valence-corrected chi connectivity index (χ2v) is 4.86. The van der Waals surface area contributed by atoms with Crippen molar-refractivity contribution in [3.8, 4) is 5.75 Å². The number of phenolic OH excluding ortho intramolecular Hbond substituents is 1. The molecule has 6 nitrogen and oxygen atoms in total. The van der Waals surface area contributed by atoms with Crippen molar-refractivity contribution in [1.29, 1.82) is 0 Å². The van der Waals surface area contributed by atoms with Crippen LogP contribution in [0.5, 0.6) is 5.75 Å². The number of anilines is 1. The number of phenols is 1. The molecule has 0 saturated carbocycles. The van der Waals surface area contributed by atoms with Crippen LogP contribution in [-0.2, 0) is 6.42 Å². The van der Waals surface area contributed by atoms with E-state index in [9.17, 15) is 10.2 Å². The number of aliphatic hydroxyl groups excluding tert-OH is 1. The number of rotatable bonds is 5. The van der Waals surface area contributed by atoms with E-state index in [-0.39, 0.29) is 18.4 Å². The monoisotopic (exact) mass is 284 g/mol. The Hall–Kier alpha value is -2.60. The Kier molecular flexibility index (Phi) is 3.70. The van der Waals surface area contributed by atoms with Crippen molar-refractivity contribution >= 4 is 16.9 Å². The Bertz CT molecular complexity index is 724. The molecule has 0 fully saturated rings. The predicted octanol–water partition coefficient (Wildman–Crippen LogP) is 1.68. The highest BCUT2D eigenvalue weighted by Gasteiger charge is 2.12. The molecule has 0 aliphatic rings. The molecule has 0 bridgehead atoms. The van der Waals surface area contributed by atoms with Crippen LogP contribution in [0.2, 0.25) is 0 Å². The van der Waals surface area contributed by atoms with Crippen molar-refractivity contribution in [2.24, 2.45) is 0 Å². The molecule has 3 rings (SSSR count). The first-order chi connectivity index (χ1) is 10.3. The fraction of sp³-hybridized carbons (Fsp3) is 0.200. The smallest absolute Gasteiger partial charge is 0.142 e. The van der Waals surface area contributed by atoms with Gasteiger partial charge in [-0.05, 0) is 30.2 Å². The van der Waals surface area contributed by atoms with Gasteiger partial charge in [-0.15, -0.1) is 0 Å². The van der Waals surface area contributed by atoms with Crippen LogP contribution in [0, 0.1) is 0 Å². The van der Waals surface area contributed by atoms with Crippen molar-refractivity contribution in [2.75, 3.05) is 11.9 Å². The summed E-state index contributed by atoms with van der Waals surface area (Å²) in [5, 5.41) is 23.0. The lowest BCUT2D eigenvalue weighted by Crippen LogP contribution is -2.27. The molecule has 0 spiro atoms. The van der Waals surface area contributed by atoms with Gasteiger partial charge in [0.1, 0.15) is 23.5 Å². The minimum atomic E-state index is -0.164. The second kappa shape index (κ2) is 5.80. The highest BCUT2D eigenvalue weighted by Crippen LogP contribution is 2.19. The number of fused-ring (bicyclic) bond motifs is 1. The third-order valence-corrected chi connectivity index (χ3v) is 3.33. The Morgan fingerprint density at radius 1 is 1.14 bits per heavy atom. The minimum absolute atomic E-state index is 0.0171. The van der Waals surface area contributed by atoms with Crippen LogP contribution in [0.25, 0.3) is 11.0 Å². The lowest BCUT2D eigenvalue weighted by Gasteiger charge is -2.17. The van der Waals surface area contributed by atoms with Gasteiger partial charge < -0.3 is 20.5 Å². The van der Waals surface area contributed by atoms with Gasteiger partial charge in [-0.25, -0.2) is 9.97 Å². The summed E-state index contributed by atoms with van der Waals surface area (Å²) in [6, 6.07) is 8.68. The molecule has 0 aliphatic carbocycles. The molecule has 2 heterocycles. The number of benzene rings is 1. The van der Waals surface area contributed by atoms with Gasteiger partial charge in [-0.2, -0.15) is 0 Å². The summed E-state index contributed by atoms with van der Waals surface area (Å²) in [6.45, 7) is -0.0171. The third-order valence-electron chi connectivity index (χ3n) is 3.33. The van der Waals surface area contributed by atoms with Crippen molar-refractivity contribution < 1.29 is 10.2 Å². The first-order valence-corrected chi connectivity index (χ1v) is 6.69.